The van der Waals surface area contributed by atoms with E-state index >= 15 is 0 Å². The predicted octanol–water partition coefficient (Wildman–Crippen LogP) is 5.31. The minimum absolute atomic E-state index is 0.0394. The maximum Gasteiger partial charge on any atom is 0.190 e. The Morgan fingerprint density at radius 3 is 2.50 bits per heavy atom. The molecular formula is C30H31NO7. The van der Waals surface area contributed by atoms with Crippen LogP contribution in [0.15, 0.2) is 75.4 Å². The largest absolute Gasteiger partial charge is 0.508 e. The molecule has 3 aliphatic carbocycles. The summed E-state index contributed by atoms with van der Waals surface area (Å²) in [7, 11) is 6.45. The van der Waals surface area contributed by atoms with Gasteiger partial charge in [0.15, 0.2) is 16.8 Å². The minimum Gasteiger partial charge on any atom is -0.508 e. The normalized spacial score (nSPS) is 25.2. The SMILES string of the molecule is COC1=CC(C)(OC)C(c2cc3nc4cc(C5=CC=C(OC)CC5(C)OC)c(=O)cc-4oc3cc2O)C=C1. The number of fused-ring (bicyclic) bond motifs is 2. The molecule has 0 radical (unpaired) electrons. The van der Waals surface area contributed by atoms with E-state index in [-0.39, 0.29) is 17.1 Å². The zero-order valence-electron chi connectivity index (χ0n) is 22.3. The van der Waals surface area contributed by atoms with Crippen LogP contribution in [0.3, 0.4) is 0 Å². The van der Waals surface area contributed by atoms with Gasteiger partial charge in [0.2, 0.25) is 0 Å². The quantitative estimate of drug-likeness (QED) is 0.439. The fourth-order valence-electron chi connectivity index (χ4n) is 5.23. The number of benzene rings is 2. The highest BCUT2D eigenvalue weighted by Gasteiger charge is 2.37. The molecule has 4 aliphatic rings. The van der Waals surface area contributed by atoms with Gasteiger partial charge in [0.05, 0.1) is 31.2 Å². The van der Waals surface area contributed by atoms with Gasteiger partial charge in [-0.15, -0.1) is 0 Å². The molecule has 0 fully saturated rings. The molecule has 1 N–H and O–H groups in total. The summed E-state index contributed by atoms with van der Waals surface area (Å²) in [6.07, 6.45) is 9.87. The van der Waals surface area contributed by atoms with Crippen LogP contribution in [0.1, 0.15) is 37.3 Å². The lowest BCUT2D eigenvalue weighted by atomic mass is 9.79. The molecule has 0 spiro atoms. The lowest BCUT2D eigenvalue weighted by molar-refractivity contribution is 0.0308. The number of methoxy groups -OCH3 is 4. The molecule has 8 heteroatoms. The summed E-state index contributed by atoms with van der Waals surface area (Å²) < 4.78 is 28.5. The average molecular weight is 518 g/mol. The van der Waals surface area contributed by atoms with E-state index in [9.17, 15) is 9.90 Å². The van der Waals surface area contributed by atoms with E-state index in [0.717, 1.165) is 11.3 Å². The number of nitrogens with zero attached hydrogens (tertiary/aromatic N) is 1. The summed E-state index contributed by atoms with van der Waals surface area (Å²) in [5.41, 5.74) is 1.56. The van der Waals surface area contributed by atoms with E-state index in [1.807, 2.05) is 44.2 Å². The Bertz CT molecular complexity index is 1560. The first kappa shape index (κ1) is 25.8. The monoisotopic (exact) mass is 517 g/mol. The second-order valence-corrected chi connectivity index (χ2v) is 9.91. The van der Waals surface area contributed by atoms with Crippen LogP contribution >= 0.6 is 0 Å². The molecule has 3 atom stereocenters. The van der Waals surface area contributed by atoms with Crippen molar-refractivity contribution in [1.82, 2.24) is 4.98 Å². The fourth-order valence-corrected chi connectivity index (χ4v) is 5.23. The van der Waals surface area contributed by atoms with E-state index in [1.165, 1.54) is 12.1 Å². The van der Waals surface area contributed by atoms with Crippen molar-refractivity contribution in [2.24, 2.45) is 0 Å². The molecule has 1 aliphatic heterocycles. The van der Waals surface area contributed by atoms with Crippen LogP contribution < -0.4 is 5.43 Å². The Balaban J connectivity index is 1.65. The third-order valence-electron chi connectivity index (χ3n) is 7.66. The summed E-state index contributed by atoms with van der Waals surface area (Å²) >= 11 is 0. The number of ether oxygens (including phenoxy) is 4. The molecule has 38 heavy (non-hydrogen) atoms. The molecule has 5 rings (SSSR count). The van der Waals surface area contributed by atoms with Gasteiger partial charge in [-0.25, -0.2) is 4.98 Å². The van der Waals surface area contributed by atoms with Gasteiger partial charge in [-0.2, -0.15) is 0 Å². The Kier molecular flexibility index (Phi) is 6.41. The average Bonchev–Trinajstić information content (AvgIpc) is 2.91. The molecule has 3 unspecified atom stereocenters. The van der Waals surface area contributed by atoms with E-state index in [4.69, 9.17) is 28.3 Å². The van der Waals surface area contributed by atoms with Crippen molar-refractivity contribution < 1.29 is 28.5 Å². The van der Waals surface area contributed by atoms with Gasteiger partial charge in [0, 0.05) is 49.8 Å². The molecule has 1 heterocycles. The van der Waals surface area contributed by atoms with Gasteiger partial charge < -0.3 is 28.5 Å². The molecule has 0 saturated carbocycles. The molecular weight excluding hydrogens is 486 g/mol. The molecule has 8 nitrogen and oxygen atoms in total. The number of phenols is 1. The predicted molar refractivity (Wildman–Crippen MR) is 144 cm³/mol. The number of allylic oxidation sites excluding steroid dienone is 3. The Labute approximate surface area is 220 Å². The maximum absolute atomic E-state index is 13.2. The van der Waals surface area contributed by atoms with Crippen molar-refractivity contribution in [2.75, 3.05) is 28.4 Å². The molecule has 0 saturated heterocycles. The summed E-state index contributed by atoms with van der Waals surface area (Å²) in [5, 5.41) is 11.0. The van der Waals surface area contributed by atoms with E-state index in [0.29, 0.717) is 45.9 Å². The molecule has 0 bridgehead atoms. The smallest absolute Gasteiger partial charge is 0.190 e. The van der Waals surface area contributed by atoms with Crippen molar-refractivity contribution in [3.63, 3.8) is 0 Å². The highest BCUT2D eigenvalue weighted by atomic mass is 16.5. The van der Waals surface area contributed by atoms with Gasteiger partial charge in [-0.3, -0.25) is 4.79 Å². The topological polar surface area (TPSA) is 100 Å². The zero-order chi connectivity index (χ0) is 27.2. The number of aromatic nitrogens is 1. The lowest BCUT2D eigenvalue weighted by Gasteiger charge is -2.35. The van der Waals surface area contributed by atoms with Crippen LogP contribution in [0.25, 0.3) is 28.1 Å². The third kappa shape index (κ3) is 4.19. The van der Waals surface area contributed by atoms with E-state index in [2.05, 4.69) is 0 Å². The van der Waals surface area contributed by atoms with Crippen LogP contribution in [-0.4, -0.2) is 49.7 Å². The summed E-state index contributed by atoms with van der Waals surface area (Å²) in [4.78, 5) is 18.0. The first-order valence-electron chi connectivity index (χ1n) is 12.3. The van der Waals surface area contributed by atoms with Crippen molar-refractivity contribution in [2.45, 2.75) is 37.4 Å². The van der Waals surface area contributed by atoms with Gasteiger partial charge in [0.1, 0.15) is 22.7 Å². The van der Waals surface area contributed by atoms with Crippen molar-refractivity contribution in [3.05, 3.63) is 87.5 Å². The Morgan fingerprint density at radius 1 is 1.03 bits per heavy atom. The maximum atomic E-state index is 13.2. The number of aromatic hydroxyl groups is 1. The second-order valence-electron chi connectivity index (χ2n) is 9.91. The van der Waals surface area contributed by atoms with Gasteiger partial charge in [-0.1, -0.05) is 12.2 Å². The first-order valence-corrected chi connectivity index (χ1v) is 12.3. The molecule has 0 amide bonds. The van der Waals surface area contributed by atoms with E-state index in [1.54, 1.807) is 40.6 Å². The van der Waals surface area contributed by atoms with Crippen LogP contribution in [0.2, 0.25) is 0 Å². The molecule has 1 aromatic carbocycles. The van der Waals surface area contributed by atoms with Crippen molar-refractivity contribution in [1.29, 1.82) is 0 Å². The molecule has 198 valence electrons. The van der Waals surface area contributed by atoms with Crippen LogP contribution in [0, 0.1) is 0 Å². The first-order chi connectivity index (χ1) is 18.1. The van der Waals surface area contributed by atoms with Crippen molar-refractivity contribution >= 4 is 16.7 Å². The standard InChI is InChI=1S/C30H31NO7/c1-29(36-5)15-17(34-3)7-9-21(29)19-11-23-27(13-25(19)32)38-28-14-26(33)20(12-24(28)31-23)22-10-8-18(35-4)16-30(22,2)37-6/h7-15,21,32H,16H2,1-6H3. The number of phenolic OH excluding ortho intramolecular Hbond substituents is 1. The minimum atomic E-state index is -0.753. The van der Waals surface area contributed by atoms with Crippen molar-refractivity contribution in [3.8, 4) is 17.2 Å². The second kappa shape index (κ2) is 9.45. The Hall–Kier alpha value is -3.88. The highest BCUT2D eigenvalue weighted by molar-refractivity contribution is 5.82. The van der Waals surface area contributed by atoms with Gasteiger partial charge >= 0.3 is 0 Å². The lowest BCUT2D eigenvalue weighted by Crippen LogP contribution is -2.34. The number of rotatable bonds is 6. The summed E-state index contributed by atoms with van der Waals surface area (Å²) in [6, 6.07) is 6.48. The van der Waals surface area contributed by atoms with Gasteiger partial charge in [0.25, 0.3) is 0 Å². The third-order valence-corrected chi connectivity index (χ3v) is 7.66. The molecule has 0 aromatic heterocycles. The Morgan fingerprint density at radius 2 is 1.82 bits per heavy atom. The number of hydrogen-bond donors (Lipinski definition) is 1. The van der Waals surface area contributed by atoms with Gasteiger partial charge in [-0.05, 0) is 49.8 Å². The molecule has 1 aromatic rings. The summed E-state index contributed by atoms with van der Waals surface area (Å²) in [6.45, 7) is 3.86. The zero-order valence-corrected chi connectivity index (χ0v) is 22.3. The van der Waals surface area contributed by atoms with E-state index < -0.39 is 11.2 Å². The highest BCUT2D eigenvalue weighted by Crippen LogP contribution is 2.43. The number of hydrogen-bond acceptors (Lipinski definition) is 8. The fraction of sp³-hybridized carbons (Fsp3) is 0.333. The van der Waals surface area contributed by atoms with Crippen LogP contribution in [0.4, 0.5) is 0 Å². The van der Waals surface area contributed by atoms with Crippen LogP contribution in [0.5, 0.6) is 5.75 Å². The van der Waals surface area contributed by atoms with Crippen LogP contribution in [-0.2, 0) is 18.9 Å². The summed E-state index contributed by atoms with van der Waals surface area (Å²) in [5.74, 6) is 1.51.